The molecule has 2 rings (SSSR count). The molecule has 0 aliphatic carbocycles. The standard InChI is InChI=1S/C15H22N4O6/c1-9-7-19(15(23)18-14(9)22)12-6-17-5-10(25-12)8-24-13(21)4-3-11(20)16-2/h7,10,12,17H,3-6,8H2,1-2H3,(H,16,20)(H,18,22,23)/t10-,12+/m0/s1. The van der Waals surface area contributed by atoms with E-state index in [2.05, 4.69) is 15.6 Å². The largest absolute Gasteiger partial charge is 0.463 e. The van der Waals surface area contributed by atoms with E-state index < -0.39 is 29.6 Å². The fourth-order valence-corrected chi connectivity index (χ4v) is 2.35. The van der Waals surface area contributed by atoms with Crippen LogP contribution in [0.4, 0.5) is 0 Å². The van der Waals surface area contributed by atoms with Gasteiger partial charge in [-0.15, -0.1) is 0 Å². The van der Waals surface area contributed by atoms with Crippen LogP contribution in [-0.4, -0.2) is 54.3 Å². The Morgan fingerprint density at radius 1 is 1.36 bits per heavy atom. The van der Waals surface area contributed by atoms with Gasteiger partial charge in [-0.2, -0.15) is 0 Å². The predicted molar refractivity (Wildman–Crippen MR) is 87.1 cm³/mol. The number of aryl methyl sites for hydroxylation is 1. The molecule has 10 nitrogen and oxygen atoms in total. The van der Waals surface area contributed by atoms with Gasteiger partial charge in [0.15, 0.2) is 6.23 Å². The highest BCUT2D eigenvalue weighted by atomic mass is 16.6. The van der Waals surface area contributed by atoms with Crippen LogP contribution in [0.3, 0.4) is 0 Å². The Morgan fingerprint density at radius 3 is 2.84 bits per heavy atom. The summed E-state index contributed by atoms with van der Waals surface area (Å²) in [5, 5.41) is 5.52. The highest BCUT2D eigenvalue weighted by molar-refractivity contribution is 5.80. The number of amides is 1. The van der Waals surface area contributed by atoms with Gasteiger partial charge in [0.2, 0.25) is 5.91 Å². The van der Waals surface area contributed by atoms with E-state index in [1.165, 1.54) is 17.8 Å². The van der Waals surface area contributed by atoms with E-state index >= 15 is 0 Å². The lowest BCUT2D eigenvalue weighted by Crippen LogP contribution is -2.48. The van der Waals surface area contributed by atoms with E-state index in [9.17, 15) is 19.2 Å². The van der Waals surface area contributed by atoms with Crippen molar-refractivity contribution in [3.63, 3.8) is 0 Å². The number of nitrogens with zero attached hydrogens (tertiary/aromatic N) is 1. The quantitative estimate of drug-likeness (QED) is 0.524. The number of aromatic nitrogens is 2. The van der Waals surface area contributed by atoms with Crippen molar-refractivity contribution in [1.29, 1.82) is 0 Å². The highest BCUT2D eigenvalue weighted by Crippen LogP contribution is 2.13. The number of nitrogens with one attached hydrogen (secondary N) is 3. The molecule has 3 N–H and O–H groups in total. The second-order valence-corrected chi connectivity index (χ2v) is 5.71. The minimum atomic E-state index is -0.619. The number of rotatable bonds is 6. The van der Waals surface area contributed by atoms with Crippen LogP contribution in [0.5, 0.6) is 0 Å². The van der Waals surface area contributed by atoms with Crippen molar-refractivity contribution in [2.75, 3.05) is 26.7 Å². The van der Waals surface area contributed by atoms with Crippen LogP contribution in [0.1, 0.15) is 24.6 Å². The Balaban J connectivity index is 1.90. The number of esters is 1. The molecule has 0 aromatic carbocycles. The molecule has 0 bridgehead atoms. The maximum absolute atomic E-state index is 11.9. The predicted octanol–water partition coefficient (Wildman–Crippen LogP) is -1.60. The van der Waals surface area contributed by atoms with E-state index in [0.717, 1.165) is 0 Å². The first-order chi connectivity index (χ1) is 11.9. The first-order valence-corrected chi connectivity index (χ1v) is 7.95. The molecule has 10 heteroatoms. The fourth-order valence-electron chi connectivity index (χ4n) is 2.35. The Hall–Kier alpha value is -2.46. The van der Waals surface area contributed by atoms with Crippen molar-refractivity contribution in [2.45, 2.75) is 32.1 Å². The van der Waals surface area contributed by atoms with Gasteiger partial charge in [0.1, 0.15) is 12.7 Å². The molecule has 0 saturated carbocycles. The second-order valence-electron chi connectivity index (χ2n) is 5.71. The molecular formula is C15H22N4O6. The maximum Gasteiger partial charge on any atom is 0.330 e. The first-order valence-electron chi connectivity index (χ1n) is 7.95. The molecule has 0 unspecified atom stereocenters. The Labute approximate surface area is 143 Å². The van der Waals surface area contributed by atoms with Crippen LogP contribution in [0.15, 0.2) is 15.8 Å². The number of aromatic amines is 1. The van der Waals surface area contributed by atoms with E-state index in [-0.39, 0.29) is 25.4 Å². The number of hydrogen-bond donors (Lipinski definition) is 3. The third-order valence-corrected chi connectivity index (χ3v) is 3.76. The summed E-state index contributed by atoms with van der Waals surface area (Å²) >= 11 is 0. The van der Waals surface area contributed by atoms with Gasteiger partial charge < -0.3 is 20.1 Å². The van der Waals surface area contributed by atoms with Crippen LogP contribution >= 0.6 is 0 Å². The van der Waals surface area contributed by atoms with Crippen molar-refractivity contribution in [1.82, 2.24) is 20.2 Å². The van der Waals surface area contributed by atoms with Crippen molar-refractivity contribution in [2.24, 2.45) is 0 Å². The topological polar surface area (TPSA) is 132 Å². The second kappa shape index (κ2) is 8.58. The van der Waals surface area contributed by atoms with E-state index in [0.29, 0.717) is 18.7 Å². The Kier molecular flexibility index (Phi) is 6.48. The fraction of sp³-hybridized carbons (Fsp3) is 0.600. The lowest BCUT2D eigenvalue weighted by Gasteiger charge is -2.31. The van der Waals surface area contributed by atoms with Crippen LogP contribution < -0.4 is 21.9 Å². The Bertz CT molecular complexity index is 740. The lowest BCUT2D eigenvalue weighted by atomic mass is 10.3. The van der Waals surface area contributed by atoms with E-state index in [4.69, 9.17) is 9.47 Å². The van der Waals surface area contributed by atoms with Crippen molar-refractivity contribution in [3.05, 3.63) is 32.6 Å². The molecule has 2 heterocycles. The summed E-state index contributed by atoms with van der Waals surface area (Å²) in [6, 6.07) is 0. The number of carbonyl (C=O) groups is 2. The zero-order valence-corrected chi connectivity index (χ0v) is 14.2. The molecule has 1 aromatic heterocycles. The molecular weight excluding hydrogens is 332 g/mol. The molecule has 0 spiro atoms. The highest BCUT2D eigenvalue weighted by Gasteiger charge is 2.25. The molecule has 1 fully saturated rings. The normalized spacial score (nSPS) is 20.1. The maximum atomic E-state index is 11.9. The zero-order chi connectivity index (χ0) is 18.4. The minimum absolute atomic E-state index is 0.00711. The molecule has 1 aliphatic heterocycles. The third kappa shape index (κ3) is 5.26. The molecule has 1 saturated heterocycles. The molecule has 2 atom stereocenters. The van der Waals surface area contributed by atoms with Crippen LogP contribution in [-0.2, 0) is 19.1 Å². The van der Waals surface area contributed by atoms with E-state index in [1.54, 1.807) is 6.92 Å². The first kappa shape index (κ1) is 18.9. The summed E-state index contributed by atoms with van der Waals surface area (Å²) in [6.07, 6.45) is 0.425. The van der Waals surface area contributed by atoms with Gasteiger partial charge >= 0.3 is 11.7 Å². The average Bonchev–Trinajstić information content (AvgIpc) is 2.61. The van der Waals surface area contributed by atoms with Gasteiger partial charge in [-0.1, -0.05) is 0 Å². The van der Waals surface area contributed by atoms with Crippen molar-refractivity contribution >= 4 is 11.9 Å². The zero-order valence-electron chi connectivity index (χ0n) is 14.2. The number of morpholine rings is 1. The number of H-pyrrole nitrogens is 1. The van der Waals surface area contributed by atoms with Gasteiger partial charge in [-0.3, -0.25) is 23.9 Å². The van der Waals surface area contributed by atoms with Gasteiger partial charge in [-0.25, -0.2) is 4.79 Å². The van der Waals surface area contributed by atoms with Crippen molar-refractivity contribution < 1.29 is 19.1 Å². The van der Waals surface area contributed by atoms with Crippen LogP contribution in [0.25, 0.3) is 0 Å². The Morgan fingerprint density at radius 2 is 2.12 bits per heavy atom. The van der Waals surface area contributed by atoms with Crippen LogP contribution in [0.2, 0.25) is 0 Å². The molecule has 0 radical (unpaired) electrons. The summed E-state index contributed by atoms with van der Waals surface area (Å²) in [5.74, 6) is -0.730. The van der Waals surface area contributed by atoms with Gasteiger partial charge in [0.05, 0.1) is 6.42 Å². The molecule has 1 aromatic rings. The van der Waals surface area contributed by atoms with Crippen LogP contribution in [0, 0.1) is 6.92 Å². The monoisotopic (exact) mass is 354 g/mol. The summed E-state index contributed by atoms with van der Waals surface area (Å²) in [5.41, 5.74) is -0.608. The number of carbonyl (C=O) groups excluding carboxylic acids is 2. The van der Waals surface area contributed by atoms with Crippen molar-refractivity contribution in [3.8, 4) is 0 Å². The molecule has 1 amide bonds. The summed E-state index contributed by atoms with van der Waals surface area (Å²) in [7, 11) is 1.50. The summed E-state index contributed by atoms with van der Waals surface area (Å²) < 4.78 is 12.2. The molecule has 138 valence electrons. The molecule has 1 aliphatic rings. The SMILES string of the molecule is CNC(=O)CCC(=O)OC[C@@H]1CNC[C@H](n2cc(C)c(=O)[nH]c2=O)O1. The van der Waals surface area contributed by atoms with Gasteiger partial charge in [-0.05, 0) is 6.92 Å². The summed E-state index contributed by atoms with van der Waals surface area (Å²) in [4.78, 5) is 48.3. The lowest BCUT2D eigenvalue weighted by molar-refractivity contribution is -0.155. The average molecular weight is 354 g/mol. The third-order valence-electron chi connectivity index (χ3n) is 3.76. The van der Waals surface area contributed by atoms with E-state index in [1.807, 2.05) is 0 Å². The smallest absolute Gasteiger partial charge is 0.330 e. The molecule has 25 heavy (non-hydrogen) atoms. The van der Waals surface area contributed by atoms with Gasteiger partial charge in [0, 0.05) is 38.3 Å². The number of hydrogen-bond acceptors (Lipinski definition) is 7. The summed E-state index contributed by atoms with van der Waals surface area (Å²) in [6.45, 7) is 2.44. The van der Waals surface area contributed by atoms with Gasteiger partial charge in [0.25, 0.3) is 5.56 Å². The minimum Gasteiger partial charge on any atom is -0.463 e. The number of ether oxygens (including phenoxy) is 2.